The first-order chi connectivity index (χ1) is 17.1. The number of alkyl halides is 3. The summed E-state index contributed by atoms with van der Waals surface area (Å²) in [6.07, 6.45) is 0. The van der Waals surface area contributed by atoms with Crippen LogP contribution in [0.15, 0.2) is 122 Å². The standard InChI is InChI=1S/C26H17F3O4S3/c27-26(28,29)36(30,31)33-35(18-10-3-1-4-11-18,19-12-5-2-6-13-19)23-17-9-15-21-24(23)32-22-16-8-7-14-20(22)25(21)34/h1-17H. The van der Waals surface area contributed by atoms with E-state index in [1.54, 1.807) is 97.1 Å². The second-order valence-corrected chi connectivity index (χ2v) is 12.5. The fourth-order valence-electron chi connectivity index (χ4n) is 3.93. The second kappa shape index (κ2) is 9.04. The molecule has 0 N–H and O–H groups in total. The van der Waals surface area contributed by atoms with Gasteiger partial charge in [-0.25, -0.2) is 0 Å². The first-order valence-corrected chi connectivity index (χ1v) is 13.9. The van der Waals surface area contributed by atoms with E-state index in [2.05, 4.69) is 0 Å². The molecule has 5 rings (SSSR count). The number of halogens is 3. The molecule has 10 heteroatoms. The molecule has 4 nitrogen and oxygen atoms in total. The van der Waals surface area contributed by atoms with Gasteiger partial charge in [0.1, 0.15) is 5.58 Å². The maximum Gasteiger partial charge on any atom is 0.524 e. The number of rotatable bonds is 5. The predicted molar refractivity (Wildman–Crippen MR) is 136 cm³/mol. The molecule has 0 aliphatic carbocycles. The van der Waals surface area contributed by atoms with Crippen molar-refractivity contribution in [3.8, 4) is 0 Å². The fourth-order valence-corrected chi connectivity index (χ4v) is 9.11. The third kappa shape index (κ3) is 4.00. The Hall–Kier alpha value is -3.18. The lowest BCUT2D eigenvalue weighted by Crippen LogP contribution is -2.27. The quantitative estimate of drug-likeness (QED) is 0.126. The van der Waals surface area contributed by atoms with Gasteiger partial charge in [-0.3, -0.25) is 0 Å². The largest absolute Gasteiger partial charge is 0.524 e. The lowest BCUT2D eigenvalue weighted by Gasteiger charge is -2.39. The molecule has 36 heavy (non-hydrogen) atoms. The highest BCUT2D eigenvalue weighted by atomic mass is 32.3. The highest BCUT2D eigenvalue weighted by Crippen LogP contribution is 2.71. The summed E-state index contributed by atoms with van der Waals surface area (Å²) in [5.74, 6) is 0. The van der Waals surface area contributed by atoms with E-state index in [0.29, 0.717) is 20.9 Å². The van der Waals surface area contributed by atoms with Crippen LogP contribution >= 0.6 is 22.5 Å². The molecular formula is C26H17F3O4S3. The van der Waals surface area contributed by atoms with Gasteiger partial charge in [-0.1, -0.05) is 66.8 Å². The van der Waals surface area contributed by atoms with Crippen LogP contribution in [0, 0.1) is 4.51 Å². The smallest absolute Gasteiger partial charge is 0.455 e. The number of fused-ring (bicyclic) bond motifs is 2. The van der Waals surface area contributed by atoms with Crippen LogP contribution < -0.4 is 0 Å². The van der Waals surface area contributed by atoms with Crippen molar-refractivity contribution >= 4 is 54.6 Å². The van der Waals surface area contributed by atoms with Gasteiger partial charge in [-0.2, -0.15) is 25.2 Å². The van der Waals surface area contributed by atoms with Gasteiger partial charge in [-0.15, -0.1) is 0 Å². The molecule has 0 atom stereocenters. The summed E-state index contributed by atoms with van der Waals surface area (Å²) >= 11 is 5.69. The Balaban J connectivity index is 1.98. The average molecular weight is 547 g/mol. The number of para-hydroxylation sites is 2. The topological polar surface area (TPSA) is 56.5 Å². The predicted octanol–water partition coefficient (Wildman–Crippen LogP) is 8.38. The third-order valence-electron chi connectivity index (χ3n) is 5.50. The maximum atomic E-state index is 13.8. The summed E-state index contributed by atoms with van der Waals surface area (Å²) < 4.78 is 78.5. The van der Waals surface area contributed by atoms with Gasteiger partial charge in [0, 0.05) is 20.6 Å². The zero-order valence-electron chi connectivity index (χ0n) is 18.3. The molecule has 0 bridgehead atoms. The minimum atomic E-state index is -6.05. The van der Waals surface area contributed by atoms with E-state index in [1.165, 1.54) is 6.07 Å². The molecular weight excluding hydrogens is 529 g/mol. The molecule has 4 aromatic carbocycles. The second-order valence-electron chi connectivity index (χ2n) is 7.71. The van der Waals surface area contributed by atoms with Crippen LogP contribution in [-0.2, 0) is 13.7 Å². The Morgan fingerprint density at radius 3 is 1.81 bits per heavy atom. The summed E-state index contributed by atoms with van der Waals surface area (Å²) in [6.45, 7) is 0. The zero-order valence-corrected chi connectivity index (χ0v) is 20.8. The van der Waals surface area contributed by atoms with Gasteiger partial charge in [0.15, 0.2) is 5.58 Å². The van der Waals surface area contributed by atoms with E-state index in [1.807, 2.05) is 0 Å². The number of hydrogen-bond acceptors (Lipinski definition) is 5. The van der Waals surface area contributed by atoms with Crippen LogP contribution in [0.2, 0.25) is 0 Å². The van der Waals surface area contributed by atoms with Gasteiger partial charge in [-0.05, 0) is 58.8 Å². The van der Waals surface area contributed by atoms with E-state index in [4.69, 9.17) is 20.3 Å². The van der Waals surface area contributed by atoms with Crippen molar-refractivity contribution in [3.63, 3.8) is 0 Å². The molecule has 0 aliphatic heterocycles. The molecule has 0 spiro atoms. The van der Waals surface area contributed by atoms with Crippen LogP contribution in [0.3, 0.4) is 0 Å². The lowest BCUT2D eigenvalue weighted by atomic mass is 10.1. The Bertz CT molecular complexity index is 1690. The van der Waals surface area contributed by atoms with Gasteiger partial charge in [0.05, 0.1) is 9.41 Å². The Morgan fingerprint density at radius 1 is 0.694 bits per heavy atom. The number of benzene rings is 4. The van der Waals surface area contributed by atoms with Crippen molar-refractivity contribution in [3.05, 3.63) is 108 Å². The molecule has 0 saturated heterocycles. The van der Waals surface area contributed by atoms with E-state index < -0.39 is 25.9 Å². The van der Waals surface area contributed by atoms with Crippen LogP contribution in [0.4, 0.5) is 13.2 Å². The third-order valence-corrected chi connectivity index (χ3v) is 10.9. The van der Waals surface area contributed by atoms with Crippen molar-refractivity contribution in [2.45, 2.75) is 20.2 Å². The number of hydrogen-bond donors (Lipinski definition) is 0. The van der Waals surface area contributed by atoms with Crippen LogP contribution in [0.1, 0.15) is 0 Å². The van der Waals surface area contributed by atoms with Crippen molar-refractivity contribution in [2.75, 3.05) is 0 Å². The molecule has 1 heterocycles. The molecule has 0 radical (unpaired) electrons. The van der Waals surface area contributed by atoms with E-state index >= 15 is 0 Å². The molecule has 5 aromatic rings. The van der Waals surface area contributed by atoms with Crippen LogP contribution in [0.5, 0.6) is 0 Å². The minimum absolute atomic E-state index is 0.141. The lowest BCUT2D eigenvalue weighted by molar-refractivity contribution is -0.0496. The monoisotopic (exact) mass is 546 g/mol. The van der Waals surface area contributed by atoms with Crippen molar-refractivity contribution in [1.29, 1.82) is 0 Å². The van der Waals surface area contributed by atoms with Gasteiger partial charge in [0.2, 0.25) is 0 Å². The summed E-state index contributed by atoms with van der Waals surface area (Å²) in [5, 5.41) is 1.11. The van der Waals surface area contributed by atoms with Crippen molar-refractivity contribution in [2.24, 2.45) is 0 Å². The highest BCUT2D eigenvalue weighted by Gasteiger charge is 2.53. The Labute approximate surface area is 211 Å². The summed E-state index contributed by atoms with van der Waals surface area (Å²) in [4.78, 5) is 0.624. The highest BCUT2D eigenvalue weighted by molar-refractivity contribution is 8.33. The normalized spacial score (nSPS) is 13.2. The van der Waals surface area contributed by atoms with Gasteiger partial charge < -0.3 is 4.42 Å². The summed E-state index contributed by atoms with van der Waals surface area (Å²) in [7, 11) is -9.59. The zero-order chi connectivity index (χ0) is 25.6. The Morgan fingerprint density at radius 2 is 1.22 bits per heavy atom. The molecule has 0 aliphatic rings. The fraction of sp³-hybridized carbons (Fsp3) is 0.0385. The molecule has 0 saturated carbocycles. The molecule has 0 unspecified atom stereocenters. The molecule has 0 fully saturated rings. The van der Waals surface area contributed by atoms with E-state index in [9.17, 15) is 21.6 Å². The van der Waals surface area contributed by atoms with E-state index in [0.717, 1.165) is 0 Å². The van der Waals surface area contributed by atoms with E-state index in [-0.39, 0.29) is 20.3 Å². The molecule has 184 valence electrons. The van der Waals surface area contributed by atoms with Gasteiger partial charge >= 0.3 is 15.6 Å². The first-order valence-electron chi connectivity index (χ1n) is 10.6. The Kier molecular flexibility index (Phi) is 6.16. The van der Waals surface area contributed by atoms with Crippen LogP contribution in [0.25, 0.3) is 21.9 Å². The summed E-state index contributed by atoms with van der Waals surface area (Å²) in [6, 6.07) is 27.8. The van der Waals surface area contributed by atoms with Gasteiger partial charge in [0.25, 0.3) is 0 Å². The van der Waals surface area contributed by atoms with Crippen molar-refractivity contribution in [1.82, 2.24) is 0 Å². The van der Waals surface area contributed by atoms with Crippen molar-refractivity contribution < 1.29 is 29.6 Å². The first kappa shape index (κ1) is 24.5. The maximum absolute atomic E-state index is 13.8. The average Bonchev–Trinajstić information content (AvgIpc) is 2.88. The molecule has 0 amide bonds. The minimum Gasteiger partial charge on any atom is -0.455 e. The SMILES string of the molecule is O=S(=O)(OS(c1ccccc1)(c1ccccc1)c1cccc2c(=S)c3ccccc3oc12)C(F)(F)F. The van der Waals surface area contributed by atoms with Crippen LogP contribution in [-0.4, -0.2) is 13.9 Å². The molecule has 1 aromatic heterocycles. The summed E-state index contributed by atoms with van der Waals surface area (Å²) in [5.41, 5.74) is -5.08.